The van der Waals surface area contributed by atoms with Crippen molar-refractivity contribution in [2.75, 3.05) is 6.54 Å². The first-order chi connectivity index (χ1) is 18.9. The molecule has 1 aliphatic rings. The SMILES string of the molecule is CC(C)CCC(=O)Oc1ccc(C[C@H](NCC(C)OC(=O)C2CCCCC2)C(=O)O)cc1OC(=O)CCC(C)C. The summed E-state index contributed by atoms with van der Waals surface area (Å²) in [5.41, 5.74) is 0.584. The summed E-state index contributed by atoms with van der Waals surface area (Å²) in [5, 5.41) is 12.8. The normalized spacial score (nSPS) is 15.5. The highest BCUT2D eigenvalue weighted by molar-refractivity contribution is 5.77. The lowest BCUT2D eigenvalue weighted by molar-refractivity contribution is -0.154. The smallest absolute Gasteiger partial charge is 0.321 e. The number of benzene rings is 1. The molecule has 0 aromatic heterocycles. The van der Waals surface area contributed by atoms with Gasteiger partial charge in [0.2, 0.25) is 0 Å². The van der Waals surface area contributed by atoms with Crippen LogP contribution in [0.2, 0.25) is 0 Å². The van der Waals surface area contributed by atoms with Gasteiger partial charge in [-0.3, -0.25) is 19.2 Å². The second-order valence-corrected chi connectivity index (χ2v) is 11.7. The Bertz CT molecular complexity index is 984. The van der Waals surface area contributed by atoms with Gasteiger partial charge in [-0.1, -0.05) is 53.0 Å². The van der Waals surface area contributed by atoms with Crippen LogP contribution >= 0.6 is 0 Å². The van der Waals surface area contributed by atoms with Crippen LogP contribution in [0.15, 0.2) is 18.2 Å². The van der Waals surface area contributed by atoms with E-state index in [2.05, 4.69) is 5.32 Å². The number of carbonyl (C=O) groups is 4. The van der Waals surface area contributed by atoms with Crippen molar-refractivity contribution in [3.63, 3.8) is 0 Å². The van der Waals surface area contributed by atoms with Crippen molar-refractivity contribution < 1.29 is 38.5 Å². The van der Waals surface area contributed by atoms with E-state index in [1.54, 1.807) is 19.1 Å². The summed E-state index contributed by atoms with van der Waals surface area (Å²) in [6.07, 6.45) is 6.22. The van der Waals surface area contributed by atoms with Gasteiger partial charge in [0, 0.05) is 19.4 Å². The van der Waals surface area contributed by atoms with Gasteiger partial charge in [-0.2, -0.15) is 0 Å². The Morgan fingerprint density at radius 2 is 1.45 bits per heavy atom. The molecule has 1 aromatic rings. The molecule has 9 heteroatoms. The first-order valence-corrected chi connectivity index (χ1v) is 14.7. The number of carbonyl (C=O) groups excluding carboxylic acids is 3. The van der Waals surface area contributed by atoms with Crippen LogP contribution < -0.4 is 14.8 Å². The van der Waals surface area contributed by atoms with Crippen molar-refractivity contribution in [2.45, 2.75) is 111 Å². The standard InChI is InChI=1S/C31H47NO8/c1-20(2)11-15-28(33)39-26-14-13-23(18-27(26)40-29(34)16-12-21(3)4)17-25(30(35)36)32-19-22(5)38-31(37)24-9-7-6-8-10-24/h13-14,18,20-22,24-25,32H,6-12,15-17,19H2,1-5H3,(H,35,36)/t22?,25-/m0/s1. The van der Waals surface area contributed by atoms with E-state index in [9.17, 15) is 24.3 Å². The first kappa shape index (κ1) is 33.3. The van der Waals surface area contributed by atoms with Gasteiger partial charge in [0.05, 0.1) is 5.92 Å². The van der Waals surface area contributed by atoms with E-state index in [0.717, 1.165) is 32.1 Å². The second kappa shape index (κ2) is 17.0. The fourth-order valence-corrected chi connectivity index (χ4v) is 4.47. The Kier molecular flexibility index (Phi) is 14.1. The molecule has 1 saturated carbocycles. The largest absolute Gasteiger partial charge is 0.480 e. The van der Waals surface area contributed by atoms with Crippen LogP contribution in [-0.4, -0.2) is 47.7 Å². The molecule has 0 aliphatic heterocycles. The number of hydrogen-bond acceptors (Lipinski definition) is 8. The molecule has 9 nitrogen and oxygen atoms in total. The maximum Gasteiger partial charge on any atom is 0.321 e. The minimum atomic E-state index is -1.06. The average molecular weight is 562 g/mol. The van der Waals surface area contributed by atoms with Gasteiger partial charge in [0.15, 0.2) is 11.5 Å². The Labute approximate surface area is 238 Å². The zero-order valence-electron chi connectivity index (χ0n) is 24.7. The van der Waals surface area contributed by atoms with Crippen molar-refractivity contribution in [3.05, 3.63) is 23.8 Å². The molecule has 2 N–H and O–H groups in total. The molecule has 2 atom stereocenters. The zero-order chi connectivity index (χ0) is 29.7. The van der Waals surface area contributed by atoms with Crippen molar-refractivity contribution >= 4 is 23.9 Å². The molecule has 1 unspecified atom stereocenters. The van der Waals surface area contributed by atoms with Crippen LogP contribution in [0.5, 0.6) is 11.5 Å². The monoisotopic (exact) mass is 561 g/mol. The van der Waals surface area contributed by atoms with Gasteiger partial charge in [-0.25, -0.2) is 0 Å². The van der Waals surface area contributed by atoms with Gasteiger partial charge >= 0.3 is 23.9 Å². The third kappa shape index (κ3) is 12.5. The molecule has 0 saturated heterocycles. The lowest BCUT2D eigenvalue weighted by atomic mass is 9.89. The van der Waals surface area contributed by atoms with Crippen molar-refractivity contribution in [1.82, 2.24) is 5.32 Å². The summed E-state index contributed by atoms with van der Waals surface area (Å²) >= 11 is 0. The highest BCUT2D eigenvalue weighted by Gasteiger charge is 2.25. The van der Waals surface area contributed by atoms with Gasteiger partial charge in [-0.05, 0) is 68.6 Å². The molecule has 0 amide bonds. The average Bonchev–Trinajstić information content (AvgIpc) is 2.90. The Morgan fingerprint density at radius 1 is 0.875 bits per heavy atom. The molecular weight excluding hydrogens is 514 g/mol. The third-order valence-electron chi connectivity index (χ3n) is 6.95. The molecule has 40 heavy (non-hydrogen) atoms. The summed E-state index contributed by atoms with van der Waals surface area (Å²) in [7, 11) is 0. The molecule has 1 aliphatic carbocycles. The quantitative estimate of drug-likeness (QED) is 0.199. The minimum absolute atomic E-state index is 0.0777. The predicted octanol–water partition coefficient (Wildman–Crippen LogP) is 5.47. The maximum atomic E-state index is 12.5. The van der Waals surface area contributed by atoms with E-state index in [1.165, 1.54) is 6.07 Å². The molecule has 0 heterocycles. The number of carboxylic acid groups (broad SMARTS) is 1. The fraction of sp³-hybridized carbons (Fsp3) is 0.677. The number of ether oxygens (including phenoxy) is 3. The molecular formula is C31H47NO8. The number of esters is 3. The molecule has 0 bridgehead atoms. The molecule has 2 rings (SSSR count). The Morgan fingerprint density at radius 3 is 2.00 bits per heavy atom. The van der Waals surface area contributed by atoms with E-state index >= 15 is 0 Å². The highest BCUT2D eigenvalue weighted by atomic mass is 16.6. The first-order valence-electron chi connectivity index (χ1n) is 14.7. The number of nitrogens with one attached hydrogen (secondary N) is 1. The lowest BCUT2D eigenvalue weighted by Crippen LogP contribution is -2.43. The number of rotatable bonds is 16. The zero-order valence-corrected chi connectivity index (χ0v) is 24.7. The lowest BCUT2D eigenvalue weighted by Gasteiger charge is -2.23. The van der Waals surface area contributed by atoms with Crippen LogP contribution in [0.4, 0.5) is 0 Å². The van der Waals surface area contributed by atoms with E-state index in [1.807, 2.05) is 27.7 Å². The number of hydrogen-bond donors (Lipinski definition) is 2. The molecule has 0 radical (unpaired) electrons. The van der Waals surface area contributed by atoms with E-state index in [4.69, 9.17) is 14.2 Å². The third-order valence-corrected chi connectivity index (χ3v) is 6.95. The Hall–Kier alpha value is -2.94. The van der Waals surface area contributed by atoms with E-state index < -0.39 is 30.1 Å². The topological polar surface area (TPSA) is 128 Å². The highest BCUT2D eigenvalue weighted by Crippen LogP contribution is 2.30. The van der Waals surface area contributed by atoms with Crippen LogP contribution in [0.1, 0.15) is 98.0 Å². The maximum absolute atomic E-state index is 12.5. The van der Waals surface area contributed by atoms with Crippen LogP contribution in [0, 0.1) is 17.8 Å². The minimum Gasteiger partial charge on any atom is -0.480 e. The second-order valence-electron chi connectivity index (χ2n) is 11.7. The molecule has 1 aromatic carbocycles. The van der Waals surface area contributed by atoms with Crippen molar-refractivity contribution in [1.29, 1.82) is 0 Å². The summed E-state index contributed by atoms with van der Waals surface area (Å²) in [5.74, 6) is -1.38. The fourth-order valence-electron chi connectivity index (χ4n) is 4.47. The van der Waals surface area contributed by atoms with E-state index in [0.29, 0.717) is 30.2 Å². The van der Waals surface area contributed by atoms with Gasteiger partial charge in [-0.15, -0.1) is 0 Å². The predicted molar refractivity (Wildman–Crippen MR) is 151 cm³/mol. The van der Waals surface area contributed by atoms with Crippen molar-refractivity contribution in [2.24, 2.45) is 17.8 Å². The number of aliphatic carboxylic acids is 1. The molecule has 1 fully saturated rings. The summed E-state index contributed by atoms with van der Waals surface area (Å²) < 4.78 is 16.6. The van der Waals surface area contributed by atoms with Gasteiger partial charge < -0.3 is 24.6 Å². The van der Waals surface area contributed by atoms with Crippen LogP contribution in [-0.2, 0) is 30.3 Å². The van der Waals surface area contributed by atoms with Gasteiger partial charge in [0.25, 0.3) is 0 Å². The summed E-state index contributed by atoms with van der Waals surface area (Å²) in [4.78, 5) is 49.3. The molecule has 0 spiro atoms. The van der Waals surface area contributed by atoms with Crippen LogP contribution in [0.25, 0.3) is 0 Å². The van der Waals surface area contributed by atoms with E-state index in [-0.39, 0.29) is 49.2 Å². The number of carboxylic acids is 1. The Balaban J connectivity index is 2.07. The molecule has 224 valence electrons. The van der Waals surface area contributed by atoms with Gasteiger partial charge in [0.1, 0.15) is 12.1 Å². The summed E-state index contributed by atoms with van der Waals surface area (Å²) in [6, 6.07) is 3.75. The van der Waals surface area contributed by atoms with Crippen LogP contribution in [0.3, 0.4) is 0 Å². The summed E-state index contributed by atoms with van der Waals surface area (Å²) in [6.45, 7) is 9.96. The van der Waals surface area contributed by atoms with Crippen molar-refractivity contribution in [3.8, 4) is 11.5 Å².